The Balaban J connectivity index is 0.00000240. The first-order valence-corrected chi connectivity index (χ1v) is 10.4. The SMILES string of the molecule is CN=C(NCC(c1ccco1)N1CCCC1)NC1CCN(c2ccccc2)C1.I. The van der Waals surface area contributed by atoms with Crippen molar-refractivity contribution in [1.82, 2.24) is 15.5 Å². The number of hydrogen-bond donors (Lipinski definition) is 2. The molecule has 0 bridgehead atoms. The fourth-order valence-electron chi connectivity index (χ4n) is 4.28. The van der Waals surface area contributed by atoms with Crippen molar-refractivity contribution in [3.63, 3.8) is 0 Å². The van der Waals surface area contributed by atoms with E-state index in [-0.39, 0.29) is 30.0 Å². The second-order valence-corrected chi connectivity index (χ2v) is 7.64. The summed E-state index contributed by atoms with van der Waals surface area (Å²) >= 11 is 0. The highest BCUT2D eigenvalue weighted by Crippen LogP contribution is 2.25. The number of aliphatic imine (C=N–C) groups is 1. The molecule has 2 unspecified atom stereocenters. The van der Waals surface area contributed by atoms with E-state index in [2.05, 4.69) is 61.8 Å². The van der Waals surface area contributed by atoms with E-state index in [0.717, 1.165) is 50.9 Å². The van der Waals surface area contributed by atoms with E-state index in [0.29, 0.717) is 6.04 Å². The molecule has 3 heterocycles. The van der Waals surface area contributed by atoms with Crippen LogP contribution in [0.15, 0.2) is 58.1 Å². The minimum absolute atomic E-state index is 0. The van der Waals surface area contributed by atoms with Crippen LogP contribution in [-0.4, -0.2) is 56.7 Å². The van der Waals surface area contributed by atoms with Gasteiger partial charge in [-0.2, -0.15) is 0 Å². The highest BCUT2D eigenvalue weighted by Gasteiger charge is 2.27. The van der Waals surface area contributed by atoms with Gasteiger partial charge in [0.2, 0.25) is 0 Å². The Morgan fingerprint density at radius 2 is 1.93 bits per heavy atom. The quantitative estimate of drug-likeness (QED) is 0.355. The number of halogens is 1. The molecule has 7 heteroatoms. The fraction of sp³-hybridized carbons (Fsp3) is 0.500. The van der Waals surface area contributed by atoms with Crippen LogP contribution < -0.4 is 15.5 Å². The molecule has 0 amide bonds. The van der Waals surface area contributed by atoms with Crippen molar-refractivity contribution in [3.05, 3.63) is 54.5 Å². The first-order chi connectivity index (χ1) is 13.8. The third kappa shape index (κ3) is 5.66. The maximum atomic E-state index is 5.72. The molecule has 0 spiro atoms. The molecule has 2 fully saturated rings. The van der Waals surface area contributed by atoms with Gasteiger partial charge in [0.15, 0.2) is 5.96 Å². The summed E-state index contributed by atoms with van der Waals surface area (Å²) in [4.78, 5) is 9.39. The molecule has 4 rings (SSSR count). The number of nitrogens with zero attached hydrogens (tertiary/aromatic N) is 3. The van der Waals surface area contributed by atoms with Gasteiger partial charge in [0.05, 0.1) is 12.3 Å². The Bertz CT molecular complexity index is 746. The van der Waals surface area contributed by atoms with E-state index in [4.69, 9.17) is 4.42 Å². The van der Waals surface area contributed by atoms with Crippen LogP contribution in [0.4, 0.5) is 5.69 Å². The number of benzene rings is 1. The van der Waals surface area contributed by atoms with Crippen LogP contribution in [0.1, 0.15) is 31.1 Å². The second-order valence-electron chi connectivity index (χ2n) is 7.64. The molecule has 0 aliphatic carbocycles. The van der Waals surface area contributed by atoms with Crippen molar-refractivity contribution in [2.45, 2.75) is 31.3 Å². The van der Waals surface area contributed by atoms with E-state index < -0.39 is 0 Å². The number of para-hydroxylation sites is 1. The Morgan fingerprint density at radius 1 is 1.14 bits per heavy atom. The molecule has 2 atom stereocenters. The molecule has 2 saturated heterocycles. The third-order valence-electron chi connectivity index (χ3n) is 5.79. The highest BCUT2D eigenvalue weighted by atomic mass is 127. The van der Waals surface area contributed by atoms with Crippen molar-refractivity contribution in [1.29, 1.82) is 0 Å². The average molecular weight is 509 g/mol. The smallest absolute Gasteiger partial charge is 0.191 e. The van der Waals surface area contributed by atoms with E-state index in [1.165, 1.54) is 18.5 Å². The molecule has 0 saturated carbocycles. The lowest BCUT2D eigenvalue weighted by molar-refractivity contribution is 0.215. The monoisotopic (exact) mass is 509 g/mol. The van der Waals surface area contributed by atoms with Crippen LogP contribution in [0.25, 0.3) is 0 Å². The molecule has 0 radical (unpaired) electrons. The summed E-state index contributed by atoms with van der Waals surface area (Å²) in [6, 6.07) is 15.3. The van der Waals surface area contributed by atoms with Crippen molar-refractivity contribution >= 4 is 35.6 Å². The van der Waals surface area contributed by atoms with Crippen LogP contribution in [0.3, 0.4) is 0 Å². The summed E-state index contributed by atoms with van der Waals surface area (Å²) < 4.78 is 5.72. The standard InChI is InChI=1S/C22H31N5O.HI/c1-23-22(25-18-11-14-27(17-18)19-8-3-2-4-9-19)24-16-20(21-10-7-15-28-21)26-12-5-6-13-26;/h2-4,7-10,15,18,20H,5-6,11-14,16-17H2,1H3,(H2,23,24,25);1H. The summed E-state index contributed by atoms with van der Waals surface area (Å²) in [6.07, 6.45) is 5.41. The van der Waals surface area contributed by atoms with Gasteiger partial charge in [-0.15, -0.1) is 24.0 Å². The molecular weight excluding hydrogens is 477 g/mol. The molecule has 1 aromatic carbocycles. The Hall–Kier alpha value is -1.74. The predicted octanol–water partition coefficient (Wildman–Crippen LogP) is 3.48. The van der Waals surface area contributed by atoms with Gasteiger partial charge in [0.1, 0.15) is 5.76 Å². The summed E-state index contributed by atoms with van der Waals surface area (Å²) in [6.45, 7) is 5.13. The van der Waals surface area contributed by atoms with E-state index in [1.807, 2.05) is 13.1 Å². The largest absolute Gasteiger partial charge is 0.468 e. The Labute approximate surface area is 190 Å². The minimum Gasteiger partial charge on any atom is -0.468 e. The first-order valence-electron chi connectivity index (χ1n) is 10.4. The highest BCUT2D eigenvalue weighted by molar-refractivity contribution is 14.0. The summed E-state index contributed by atoms with van der Waals surface area (Å²) in [5.74, 6) is 1.90. The molecule has 6 nitrogen and oxygen atoms in total. The molecule has 158 valence electrons. The molecule has 2 aliphatic rings. The van der Waals surface area contributed by atoms with Gasteiger partial charge in [0, 0.05) is 38.4 Å². The lowest BCUT2D eigenvalue weighted by atomic mass is 10.2. The van der Waals surface area contributed by atoms with Gasteiger partial charge >= 0.3 is 0 Å². The van der Waals surface area contributed by atoms with E-state index >= 15 is 0 Å². The van der Waals surface area contributed by atoms with Crippen LogP contribution in [0.5, 0.6) is 0 Å². The molecule has 29 heavy (non-hydrogen) atoms. The topological polar surface area (TPSA) is 56.0 Å². The van der Waals surface area contributed by atoms with Gasteiger partial charge in [-0.1, -0.05) is 18.2 Å². The maximum Gasteiger partial charge on any atom is 0.191 e. The van der Waals surface area contributed by atoms with Crippen LogP contribution in [0.2, 0.25) is 0 Å². The van der Waals surface area contributed by atoms with Gasteiger partial charge in [-0.3, -0.25) is 9.89 Å². The van der Waals surface area contributed by atoms with Crippen LogP contribution in [0, 0.1) is 0 Å². The van der Waals surface area contributed by atoms with Crippen molar-refractivity contribution < 1.29 is 4.42 Å². The van der Waals surface area contributed by atoms with Crippen molar-refractivity contribution in [2.24, 2.45) is 4.99 Å². The summed E-state index contributed by atoms with van der Waals surface area (Å²) in [5.41, 5.74) is 1.29. The Kier molecular flexibility index (Phi) is 8.23. The molecule has 2 N–H and O–H groups in total. The minimum atomic E-state index is 0. The third-order valence-corrected chi connectivity index (χ3v) is 5.79. The Morgan fingerprint density at radius 3 is 2.62 bits per heavy atom. The lowest BCUT2D eigenvalue weighted by Gasteiger charge is -2.27. The van der Waals surface area contributed by atoms with Gasteiger partial charge in [-0.25, -0.2) is 0 Å². The molecule has 2 aliphatic heterocycles. The van der Waals surface area contributed by atoms with Gasteiger partial charge in [-0.05, 0) is 56.6 Å². The molecular formula is C22H32IN5O. The van der Waals surface area contributed by atoms with Crippen LogP contribution in [-0.2, 0) is 0 Å². The second kappa shape index (κ2) is 10.9. The first kappa shape index (κ1) is 22.0. The number of furan rings is 1. The molecule has 2 aromatic rings. The number of likely N-dealkylation sites (tertiary alicyclic amines) is 1. The number of anilines is 1. The summed E-state index contributed by atoms with van der Waals surface area (Å²) in [5, 5.41) is 7.14. The maximum absolute atomic E-state index is 5.72. The number of nitrogens with one attached hydrogen (secondary N) is 2. The van der Waals surface area contributed by atoms with Gasteiger partial charge < -0.3 is 20.0 Å². The zero-order valence-corrected chi connectivity index (χ0v) is 19.4. The number of guanidine groups is 1. The fourth-order valence-corrected chi connectivity index (χ4v) is 4.28. The molecule has 1 aromatic heterocycles. The van der Waals surface area contributed by atoms with Crippen molar-refractivity contribution in [2.75, 3.05) is 44.7 Å². The van der Waals surface area contributed by atoms with Crippen LogP contribution >= 0.6 is 24.0 Å². The van der Waals surface area contributed by atoms with Gasteiger partial charge in [0.25, 0.3) is 0 Å². The predicted molar refractivity (Wildman–Crippen MR) is 129 cm³/mol. The zero-order valence-electron chi connectivity index (χ0n) is 17.1. The average Bonchev–Trinajstić information content (AvgIpc) is 3.51. The lowest BCUT2D eigenvalue weighted by Crippen LogP contribution is -2.47. The zero-order chi connectivity index (χ0) is 19.2. The van der Waals surface area contributed by atoms with Crippen molar-refractivity contribution in [3.8, 4) is 0 Å². The number of rotatable bonds is 6. The number of hydrogen-bond acceptors (Lipinski definition) is 4. The summed E-state index contributed by atoms with van der Waals surface area (Å²) in [7, 11) is 1.84. The van der Waals surface area contributed by atoms with E-state index in [9.17, 15) is 0 Å². The van der Waals surface area contributed by atoms with E-state index in [1.54, 1.807) is 6.26 Å². The normalized spacial score (nSPS) is 21.1.